The molecule has 0 aliphatic carbocycles. The van der Waals surface area contributed by atoms with Crippen molar-refractivity contribution in [3.05, 3.63) is 53.7 Å². The minimum Gasteiger partial charge on any atom is -0.493 e. The van der Waals surface area contributed by atoms with Gasteiger partial charge in [-0.05, 0) is 36.8 Å². The molecule has 0 fully saturated rings. The van der Waals surface area contributed by atoms with E-state index in [1.165, 1.54) is 35.3 Å². The highest BCUT2D eigenvalue weighted by molar-refractivity contribution is 7.14. The lowest BCUT2D eigenvalue weighted by molar-refractivity contribution is -0.139. The van der Waals surface area contributed by atoms with Crippen LogP contribution in [0, 0.1) is 0 Å². The molecule has 0 N–H and O–H groups in total. The Morgan fingerprint density at radius 1 is 1.23 bits per heavy atom. The SMILES string of the molecule is CCCCCOc1ccc(N(C(C)=O)c2nc(-c3cccnc3)cs2)cc1C(F)(F)F. The van der Waals surface area contributed by atoms with E-state index in [-0.39, 0.29) is 23.2 Å². The van der Waals surface area contributed by atoms with Crippen LogP contribution in [0.5, 0.6) is 5.75 Å². The molecule has 0 saturated heterocycles. The second kappa shape index (κ2) is 9.91. The molecule has 0 spiro atoms. The highest BCUT2D eigenvalue weighted by atomic mass is 32.1. The van der Waals surface area contributed by atoms with Crippen LogP contribution >= 0.6 is 11.3 Å². The van der Waals surface area contributed by atoms with Crippen molar-refractivity contribution in [1.82, 2.24) is 9.97 Å². The van der Waals surface area contributed by atoms with Gasteiger partial charge in [-0.1, -0.05) is 19.8 Å². The first kappa shape index (κ1) is 22.7. The van der Waals surface area contributed by atoms with Crippen molar-refractivity contribution in [2.24, 2.45) is 0 Å². The molecule has 1 aromatic carbocycles. The van der Waals surface area contributed by atoms with Crippen molar-refractivity contribution >= 4 is 28.1 Å². The van der Waals surface area contributed by atoms with E-state index in [4.69, 9.17) is 4.74 Å². The highest BCUT2D eigenvalue weighted by Gasteiger charge is 2.35. The normalized spacial score (nSPS) is 11.4. The molecule has 5 nitrogen and oxygen atoms in total. The van der Waals surface area contributed by atoms with Gasteiger partial charge in [-0.25, -0.2) is 4.98 Å². The Morgan fingerprint density at radius 3 is 2.68 bits per heavy atom. The van der Waals surface area contributed by atoms with E-state index >= 15 is 0 Å². The van der Waals surface area contributed by atoms with Gasteiger partial charge >= 0.3 is 6.18 Å². The monoisotopic (exact) mass is 449 g/mol. The van der Waals surface area contributed by atoms with E-state index in [0.29, 0.717) is 12.1 Å². The first-order valence-corrected chi connectivity index (χ1v) is 10.7. The standard InChI is InChI=1S/C22H22F3N3O2S/c1-3-4-5-11-30-20-9-8-17(12-18(20)22(23,24)25)28(15(2)29)21-27-19(14-31-21)16-7-6-10-26-13-16/h6-10,12-14H,3-5,11H2,1-2H3. The third-order valence-corrected chi connectivity index (χ3v) is 5.31. The van der Waals surface area contributed by atoms with Gasteiger partial charge < -0.3 is 4.74 Å². The molecule has 0 saturated carbocycles. The van der Waals surface area contributed by atoms with Crippen molar-refractivity contribution < 1.29 is 22.7 Å². The lowest BCUT2D eigenvalue weighted by Gasteiger charge is -2.21. The fourth-order valence-corrected chi connectivity index (χ4v) is 3.88. The smallest absolute Gasteiger partial charge is 0.420 e. The summed E-state index contributed by atoms with van der Waals surface area (Å²) in [5.41, 5.74) is 0.496. The Labute approximate surface area is 182 Å². The molecule has 164 valence electrons. The van der Waals surface area contributed by atoms with E-state index in [1.54, 1.807) is 23.8 Å². The number of rotatable bonds is 8. The topological polar surface area (TPSA) is 55.3 Å². The van der Waals surface area contributed by atoms with Gasteiger partial charge in [0, 0.05) is 30.3 Å². The first-order chi connectivity index (χ1) is 14.8. The number of unbranched alkanes of at least 4 members (excludes halogenated alkanes) is 2. The molecule has 0 bridgehead atoms. The number of benzene rings is 1. The lowest BCUT2D eigenvalue weighted by atomic mass is 10.1. The molecular weight excluding hydrogens is 427 g/mol. The molecule has 2 heterocycles. The van der Waals surface area contributed by atoms with E-state index in [1.807, 2.05) is 13.0 Å². The van der Waals surface area contributed by atoms with E-state index < -0.39 is 17.6 Å². The van der Waals surface area contributed by atoms with Crippen LogP contribution < -0.4 is 9.64 Å². The minimum absolute atomic E-state index is 0.0767. The third-order valence-electron chi connectivity index (χ3n) is 4.49. The predicted molar refractivity (Wildman–Crippen MR) is 115 cm³/mol. The van der Waals surface area contributed by atoms with Crippen LogP contribution in [0.3, 0.4) is 0 Å². The Hall–Kier alpha value is -2.94. The van der Waals surface area contributed by atoms with Crippen LogP contribution in [0.1, 0.15) is 38.7 Å². The zero-order chi connectivity index (χ0) is 22.4. The maximum absolute atomic E-state index is 13.7. The molecule has 1 amide bonds. The van der Waals surface area contributed by atoms with Crippen LogP contribution in [-0.2, 0) is 11.0 Å². The number of thiazole rings is 1. The lowest BCUT2D eigenvalue weighted by Crippen LogP contribution is -2.23. The molecule has 9 heteroatoms. The van der Waals surface area contributed by atoms with Gasteiger partial charge in [0.2, 0.25) is 5.91 Å². The number of carbonyl (C=O) groups excluding carboxylic acids is 1. The number of hydrogen-bond acceptors (Lipinski definition) is 5. The second-order valence-electron chi connectivity index (χ2n) is 6.85. The van der Waals surface area contributed by atoms with Crippen molar-refractivity contribution in [3.8, 4) is 17.0 Å². The van der Waals surface area contributed by atoms with E-state index in [0.717, 1.165) is 24.5 Å². The fraction of sp³-hybridized carbons (Fsp3) is 0.318. The zero-order valence-corrected chi connectivity index (χ0v) is 18.0. The Morgan fingerprint density at radius 2 is 2.03 bits per heavy atom. The molecule has 2 aromatic heterocycles. The molecule has 3 rings (SSSR count). The summed E-state index contributed by atoms with van der Waals surface area (Å²) in [7, 11) is 0. The van der Waals surface area contributed by atoms with E-state index in [2.05, 4.69) is 9.97 Å². The quantitative estimate of drug-likeness (QED) is 0.370. The summed E-state index contributed by atoms with van der Waals surface area (Å²) in [5.74, 6) is -0.692. The largest absolute Gasteiger partial charge is 0.493 e. The zero-order valence-electron chi connectivity index (χ0n) is 17.1. The van der Waals surface area contributed by atoms with Crippen molar-refractivity contribution in [2.75, 3.05) is 11.5 Å². The van der Waals surface area contributed by atoms with Gasteiger partial charge in [0.15, 0.2) is 5.13 Å². The summed E-state index contributed by atoms with van der Waals surface area (Å²) in [4.78, 5) is 22.0. The third kappa shape index (κ3) is 5.61. The summed E-state index contributed by atoms with van der Waals surface area (Å²) in [6.45, 7) is 3.49. The Bertz CT molecular complexity index is 1020. The Kier molecular flexibility index (Phi) is 7.27. The van der Waals surface area contributed by atoms with Gasteiger partial charge in [-0.3, -0.25) is 14.7 Å². The van der Waals surface area contributed by atoms with Crippen LogP contribution in [0.25, 0.3) is 11.3 Å². The van der Waals surface area contributed by atoms with Crippen LogP contribution in [0.4, 0.5) is 24.0 Å². The summed E-state index contributed by atoms with van der Waals surface area (Å²) >= 11 is 1.17. The molecule has 0 radical (unpaired) electrons. The average Bonchev–Trinajstić information content (AvgIpc) is 3.21. The summed E-state index contributed by atoms with van der Waals surface area (Å²) < 4.78 is 46.5. The average molecular weight is 449 g/mol. The van der Waals surface area contributed by atoms with Crippen molar-refractivity contribution in [2.45, 2.75) is 39.3 Å². The maximum Gasteiger partial charge on any atom is 0.420 e. The second-order valence-corrected chi connectivity index (χ2v) is 7.68. The summed E-state index contributed by atoms with van der Waals surface area (Å²) in [6, 6.07) is 7.20. The number of anilines is 2. The Balaban J connectivity index is 1.94. The number of alkyl halides is 3. The molecule has 0 aliphatic heterocycles. The van der Waals surface area contributed by atoms with Gasteiger partial charge in [0.1, 0.15) is 5.75 Å². The highest BCUT2D eigenvalue weighted by Crippen LogP contribution is 2.41. The van der Waals surface area contributed by atoms with Gasteiger partial charge in [-0.15, -0.1) is 11.3 Å². The van der Waals surface area contributed by atoms with Gasteiger partial charge in [0.05, 0.1) is 23.6 Å². The number of ether oxygens (including phenoxy) is 1. The minimum atomic E-state index is -4.62. The number of amides is 1. The van der Waals surface area contributed by atoms with Crippen LogP contribution in [0.15, 0.2) is 48.1 Å². The molecule has 0 unspecified atom stereocenters. The van der Waals surface area contributed by atoms with Crippen LogP contribution in [0.2, 0.25) is 0 Å². The molecule has 3 aromatic rings. The summed E-state index contributed by atoms with van der Waals surface area (Å²) in [5, 5.41) is 2.01. The van der Waals surface area contributed by atoms with Crippen molar-refractivity contribution in [3.63, 3.8) is 0 Å². The molecular formula is C22H22F3N3O2S. The first-order valence-electron chi connectivity index (χ1n) is 9.82. The van der Waals surface area contributed by atoms with Gasteiger partial charge in [0.25, 0.3) is 0 Å². The fourth-order valence-electron chi connectivity index (χ4n) is 2.98. The number of pyridine rings is 1. The number of hydrogen-bond donors (Lipinski definition) is 0. The predicted octanol–water partition coefficient (Wildman–Crippen LogP) is 6.48. The number of nitrogens with zero attached hydrogens (tertiary/aromatic N) is 3. The molecule has 31 heavy (non-hydrogen) atoms. The maximum atomic E-state index is 13.7. The molecule has 0 aliphatic rings. The summed E-state index contributed by atoms with van der Waals surface area (Å²) in [6.07, 6.45) is 1.12. The van der Waals surface area contributed by atoms with Crippen molar-refractivity contribution in [1.29, 1.82) is 0 Å². The number of aromatic nitrogens is 2. The molecule has 0 atom stereocenters. The van der Waals surface area contributed by atoms with E-state index in [9.17, 15) is 18.0 Å². The van der Waals surface area contributed by atoms with Gasteiger partial charge in [-0.2, -0.15) is 13.2 Å². The number of halogens is 3. The van der Waals surface area contributed by atoms with Crippen LogP contribution in [-0.4, -0.2) is 22.5 Å². The number of carbonyl (C=O) groups is 1.